The van der Waals surface area contributed by atoms with Gasteiger partial charge in [0.2, 0.25) is 5.13 Å². The Labute approximate surface area is 288 Å². The number of halogens is 2. The molecule has 0 spiro atoms. The molecule has 48 heavy (non-hydrogen) atoms. The van der Waals surface area contributed by atoms with Crippen molar-refractivity contribution >= 4 is 56.2 Å². The standard InChI is InChI=1S/C30H40ClFN6O8S2/c1-19(36-28(39)46-30(2,3)4)16-37(29(40)41)12-8-7-11-33-24-15-23(32)26(14-22(24)31)48(42,43)38(27-34-18-35-47-27)17-20-9-10-21(44-5)13-25(20)45-6/h9-10,13-15,18-19,33H,7-8,11-12,16-17H2,1-6H3,(H,36,39)(H,40,41)/t19-/m0/s1. The Hall–Kier alpha value is -4.09. The predicted octanol–water partition coefficient (Wildman–Crippen LogP) is 5.83. The number of unbranched alkanes of at least 4 members (excludes halogenated alkanes) is 1. The van der Waals surface area contributed by atoms with Crippen molar-refractivity contribution in [3.63, 3.8) is 0 Å². The van der Waals surface area contributed by atoms with Crippen LogP contribution in [0.1, 0.15) is 46.1 Å². The second-order valence-corrected chi connectivity index (χ2v) is 14.6. The van der Waals surface area contributed by atoms with Gasteiger partial charge in [0.05, 0.1) is 31.5 Å². The fourth-order valence-corrected chi connectivity index (χ4v) is 6.95. The van der Waals surface area contributed by atoms with Crippen molar-refractivity contribution in [1.82, 2.24) is 19.6 Å². The van der Waals surface area contributed by atoms with Crippen LogP contribution in [0, 0.1) is 5.82 Å². The number of hydrogen-bond donors (Lipinski definition) is 3. The second kappa shape index (κ2) is 16.8. The van der Waals surface area contributed by atoms with E-state index in [1.54, 1.807) is 45.9 Å². The number of ether oxygens (including phenoxy) is 3. The van der Waals surface area contributed by atoms with Gasteiger partial charge >= 0.3 is 12.2 Å². The summed E-state index contributed by atoms with van der Waals surface area (Å²) in [5.74, 6) is -0.180. The number of rotatable bonds is 16. The van der Waals surface area contributed by atoms with Crippen LogP contribution in [0.3, 0.4) is 0 Å². The first-order chi connectivity index (χ1) is 22.5. The highest BCUT2D eigenvalue weighted by Gasteiger charge is 2.32. The zero-order valence-electron chi connectivity index (χ0n) is 27.5. The summed E-state index contributed by atoms with van der Waals surface area (Å²) in [6.07, 6.45) is 0.330. The molecule has 3 aromatic rings. The number of nitrogens with one attached hydrogen (secondary N) is 2. The van der Waals surface area contributed by atoms with Crippen LogP contribution in [-0.2, 0) is 21.3 Å². The smallest absolute Gasteiger partial charge is 0.407 e. The van der Waals surface area contributed by atoms with Gasteiger partial charge in [0.25, 0.3) is 10.0 Å². The minimum Gasteiger partial charge on any atom is -0.497 e. The molecule has 0 bridgehead atoms. The number of carboxylic acid groups (broad SMARTS) is 1. The Kier molecular flexibility index (Phi) is 13.5. The van der Waals surface area contributed by atoms with E-state index < -0.39 is 44.6 Å². The lowest BCUT2D eigenvalue weighted by Crippen LogP contribution is -2.45. The van der Waals surface area contributed by atoms with Crippen molar-refractivity contribution in [2.75, 3.05) is 43.5 Å². The first-order valence-electron chi connectivity index (χ1n) is 14.8. The van der Waals surface area contributed by atoms with Crippen molar-refractivity contribution in [3.8, 4) is 11.5 Å². The van der Waals surface area contributed by atoms with Crippen LogP contribution in [0.25, 0.3) is 0 Å². The van der Waals surface area contributed by atoms with Crippen LogP contribution >= 0.6 is 23.1 Å². The Morgan fingerprint density at radius 2 is 1.88 bits per heavy atom. The SMILES string of the molecule is COc1ccc(CN(c2ncns2)S(=O)(=O)c2cc(Cl)c(NCCCCN(C[C@H](C)NC(=O)OC(C)(C)C)C(=O)O)cc2F)c(OC)c1. The molecule has 0 aliphatic carbocycles. The Morgan fingerprint density at radius 3 is 2.48 bits per heavy atom. The summed E-state index contributed by atoms with van der Waals surface area (Å²) in [6, 6.07) is 6.40. The summed E-state index contributed by atoms with van der Waals surface area (Å²) < 4.78 is 63.9. The molecule has 0 aliphatic heterocycles. The van der Waals surface area contributed by atoms with E-state index in [2.05, 4.69) is 20.0 Å². The summed E-state index contributed by atoms with van der Waals surface area (Å²) in [4.78, 5) is 28.3. The van der Waals surface area contributed by atoms with Crippen LogP contribution in [-0.4, -0.2) is 85.5 Å². The van der Waals surface area contributed by atoms with Crippen LogP contribution in [0.2, 0.25) is 5.02 Å². The Balaban J connectivity index is 1.66. The van der Waals surface area contributed by atoms with Gasteiger partial charge in [-0.15, -0.1) is 0 Å². The summed E-state index contributed by atoms with van der Waals surface area (Å²) in [6.45, 7) is 7.13. The molecule has 0 saturated heterocycles. The molecule has 0 fully saturated rings. The minimum absolute atomic E-state index is 0.0102. The van der Waals surface area contributed by atoms with Crippen molar-refractivity contribution in [1.29, 1.82) is 0 Å². The van der Waals surface area contributed by atoms with E-state index in [1.807, 2.05) is 0 Å². The van der Waals surface area contributed by atoms with E-state index >= 15 is 4.39 Å². The summed E-state index contributed by atoms with van der Waals surface area (Å²) in [5, 5.41) is 15.2. The highest BCUT2D eigenvalue weighted by molar-refractivity contribution is 7.93. The van der Waals surface area contributed by atoms with Crippen molar-refractivity contribution < 1.29 is 41.7 Å². The predicted molar refractivity (Wildman–Crippen MR) is 180 cm³/mol. The number of benzene rings is 2. The molecule has 0 radical (unpaired) electrons. The number of carbonyl (C=O) groups excluding carboxylic acids is 1. The summed E-state index contributed by atoms with van der Waals surface area (Å²) in [5.41, 5.74) is -0.0506. The topological polar surface area (TPSA) is 173 Å². The number of nitrogens with zero attached hydrogens (tertiary/aromatic N) is 4. The van der Waals surface area contributed by atoms with Crippen LogP contribution in [0.4, 0.5) is 24.8 Å². The zero-order chi connectivity index (χ0) is 35.6. The van der Waals surface area contributed by atoms with E-state index in [9.17, 15) is 23.1 Å². The first kappa shape index (κ1) is 38.4. The number of alkyl carbamates (subject to hydrolysis) is 1. The van der Waals surface area contributed by atoms with Crippen molar-refractivity contribution in [2.24, 2.45) is 0 Å². The van der Waals surface area contributed by atoms with Crippen molar-refractivity contribution in [2.45, 2.75) is 63.6 Å². The lowest BCUT2D eigenvalue weighted by molar-refractivity contribution is 0.0494. The molecule has 1 aromatic heterocycles. The fourth-order valence-electron chi connectivity index (χ4n) is 4.45. The Morgan fingerprint density at radius 1 is 1.15 bits per heavy atom. The monoisotopic (exact) mass is 730 g/mol. The quantitative estimate of drug-likeness (QED) is 0.151. The minimum atomic E-state index is -4.53. The van der Waals surface area contributed by atoms with E-state index in [4.69, 9.17) is 25.8 Å². The van der Waals surface area contributed by atoms with Crippen molar-refractivity contribution in [3.05, 3.63) is 53.1 Å². The second-order valence-electron chi connectivity index (χ2n) is 11.6. The van der Waals surface area contributed by atoms with Gasteiger partial charge in [0.15, 0.2) is 0 Å². The average molecular weight is 731 g/mol. The van der Waals surface area contributed by atoms with Gasteiger partial charge in [-0.05, 0) is 64.8 Å². The van der Waals surface area contributed by atoms with E-state index in [0.717, 1.165) is 28.0 Å². The third kappa shape index (κ3) is 10.7. The molecule has 0 saturated carbocycles. The van der Waals surface area contributed by atoms with Gasteiger partial charge in [-0.25, -0.2) is 31.7 Å². The number of sulfonamides is 1. The molecule has 264 valence electrons. The molecule has 14 nitrogen and oxygen atoms in total. The normalized spacial score (nSPS) is 12.2. The van der Waals surface area contributed by atoms with E-state index in [0.29, 0.717) is 36.4 Å². The van der Waals surface area contributed by atoms with E-state index in [1.165, 1.54) is 25.4 Å². The first-order valence-corrected chi connectivity index (χ1v) is 17.4. The molecule has 3 rings (SSSR count). The van der Waals surface area contributed by atoms with Crippen LogP contribution < -0.4 is 24.4 Å². The van der Waals surface area contributed by atoms with Gasteiger partial charge < -0.3 is 34.9 Å². The molecule has 3 N–H and O–H groups in total. The maximum atomic E-state index is 15.5. The van der Waals surface area contributed by atoms with Crippen LogP contribution in [0.15, 0.2) is 41.6 Å². The highest BCUT2D eigenvalue weighted by atomic mass is 35.5. The lowest BCUT2D eigenvalue weighted by atomic mass is 10.2. The highest BCUT2D eigenvalue weighted by Crippen LogP contribution is 2.35. The molecular formula is C30H40ClFN6O8S2. The van der Waals surface area contributed by atoms with E-state index in [-0.39, 0.29) is 35.5 Å². The molecule has 0 aliphatic rings. The maximum Gasteiger partial charge on any atom is 0.407 e. The van der Waals surface area contributed by atoms with Gasteiger partial charge in [-0.3, -0.25) is 0 Å². The van der Waals surface area contributed by atoms with Gasteiger partial charge in [-0.1, -0.05) is 11.6 Å². The number of hydrogen-bond acceptors (Lipinski definition) is 11. The molecule has 1 heterocycles. The average Bonchev–Trinajstić information content (AvgIpc) is 3.53. The number of aromatic nitrogens is 2. The largest absolute Gasteiger partial charge is 0.497 e. The maximum absolute atomic E-state index is 15.5. The Bertz CT molecular complexity index is 1660. The van der Waals surface area contributed by atoms with Gasteiger partial charge in [0.1, 0.15) is 34.1 Å². The lowest BCUT2D eigenvalue weighted by Gasteiger charge is -2.25. The molecule has 1 atom stereocenters. The zero-order valence-corrected chi connectivity index (χ0v) is 29.8. The van der Waals surface area contributed by atoms with Gasteiger partial charge in [0, 0.05) is 48.8 Å². The molecule has 0 unspecified atom stereocenters. The molecule has 18 heteroatoms. The van der Waals surface area contributed by atoms with Crippen LogP contribution in [0.5, 0.6) is 11.5 Å². The fraction of sp³-hybridized carbons (Fsp3) is 0.467. The van der Waals surface area contributed by atoms with Gasteiger partial charge in [-0.2, -0.15) is 4.37 Å². The number of carbonyl (C=O) groups is 2. The summed E-state index contributed by atoms with van der Waals surface area (Å²) >= 11 is 7.24. The summed E-state index contributed by atoms with van der Waals surface area (Å²) in [7, 11) is -1.61. The number of anilines is 2. The number of amides is 2. The molecule has 2 aromatic carbocycles. The third-order valence-electron chi connectivity index (χ3n) is 6.66. The number of methoxy groups -OCH3 is 2. The molecular weight excluding hydrogens is 691 g/mol. The third-order valence-corrected chi connectivity index (χ3v) is 9.53. The molecule has 2 amide bonds.